The van der Waals surface area contributed by atoms with E-state index in [1.165, 1.54) is 12.8 Å². The second-order valence-corrected chi connectivity index (χ2v) is 4.05. The summed E-state index contributed by atoms with van der Waals surface area (Å²) < 4.78 is 0. The summed E-state index contributed by atoms with van der Waals surface area (Å²) in [5, 5.41) is 3.37. The van der Waals surface area contributed by atoms with E-state index < -0.39 is 0 Å². The van der Waals surface area contributed by atoms with Crippen molar-refractivity contribution in [3.8, 4) is 0 Å². The summed E-state index contributed by atoms with van der Waals surface area (Å²) in [5.74, 6) is 1.56. The first-order valence-corrected chi connectivity index (χ1v) is 4.58. The first kappa shape index (κ1) is 9.01. The molecule has 1 atom stereocenters. The Balaban J connectivity index is 2.32. The highest BCUT2D eigenvalue weighted by Crippen LogP contribution is 2.31. The van der Waals surface area contributed by atoms with Crippen LogP contribution in [0.15, 0.2) is 0 Å². The molecule has 2 nitrogen and oxygen atoms in total. The number of nitrogens with one attached hydrogen (secondary N) is 1. The smallest absolute Gasteiger partial charge is 0.0116 e. The number of rotatable bonds is 3. The summed E-state index contributed by atoms with van der Waals surface area (Å²) in [6.45, 7) is 4.54. The number of nitrogens with two attached hydrogens (primary N) is 1. The van der Waals surface area contributed by atoms with Gasteiger partial charge in [-0.3, -0.25) is 0 Å². The highest BCUT2D eigenvalue weighted by atomic mass is 14.9. The minimum Gasteiger partial charge on any atom is -0.328 e. The highest BCUT2D eigenvalue weighted by molar-refractivity contribution is 4.90. The zero-order valence-corrected chi connectivity index (χ0v) is 7.80. The highest BCUT2D eigenvalue weighted by Gasteiger charge is 2.33. The van der Waals surface area contributed by atoms with Crippen LogP contribution < -0.4 is 11.1 Å². The molecule has 0 amide bonds. The lowest BCUT2D eigenvalue weighted by atomic mass is 9.73. The van der Waals surface area contributed by atoms with Gasteiger partial charge in [0.15, 0.2) is 0 Å². The van der Waals surface area contributed by atoms with Gasteiger partial charge in [-0.15, -0.1) is 0 Å². The molecule has 0 heterocycles. The average Bonchev–Trinajstić information content (AvgIpc) is 1.85. The molecule has 0 spiro atoms. The van der Waals surface area contributed by atoms with E-state index in [4.69, 9.17) is 5.73 Å². The van der Waals surface area contributed by atoms with E-state index in [-0.39, 0.29) is 0 Å². The van der Waals surface area contributed by atoms with Gasteiger partial charge in [0.05, 0.1) is 0 Å². The first-order chi connectivity index (χ1) is 5.15. The van der Waals surface area contributed by atoms with Crippen LogP contribution in [-0.2, 0) is 0 Å². The fraction of sp³-hybridized carbons (Fsp3) is 1.00. The van der Waals surface area contributed by atoms with Crippen LogP contribution in [0.25, 0.3) is 0 Å². The molecular formula is C9H20N2. The van der Waals surface area contributed by atoms with Crippen molar-refractivity contribution in [2.45, 2.75) is 38.8 Å². The molecule has 0 aliphatic heterocycles. The lowest BCUT2D eigenvalue weighted by Gasteiger charge is -2.40. The second kappa shape index (κ2) is 3.55. The topological polar surface area (TPSA) is 38.0 Å². The molecule has 1 aliphatic rings. The van der Waals surface area contributed by atoms with E-state index in [0.29, 0.717) is 12.1 Å². The molecule has 0 saturated heterocycles. The molecule has 0 bridgehead atoms. The molecule has 1 aliphatic carbocycles. The molecule has 1 fully saturated rings. The molecule has 11 heavy (non-hydrogen) atoms. The first-order valence-electron chi connectivity index (χ1n) is 4.58. The molecule has 0 aromatic rings. The third-order valence-corrected chi connectivity index (χ3v) is 2.77. The Morgan fingerprint density at radius 2 is 1.91 bits per heavy atom. The van der Waals surface area contributed by atoms with Gasteiger partial charge in [-0.05, 0) is 31.7 Å². The van der Waals surface area contributed by atoms with Crippen LogP contribution in [0.2, 0.25) is 0 Å². The van der Waals surface area contributed by atoms with Crippen molar-refractivity contribution in [2.75, 3.05) is 7.05 Å². The van der Waals surface area contributed by atoms with Crippen LogP contribution in [0.4, 0.5) is 0 Å². The van der Waals surface area contributed by atoms with Crippen LogP contribution in [0, 0.1) is 11.8 Å². The lowest BCUT2D eigenvalue weighted by molar-refractivity contribution is 0.170. The maximum atomic E-state index is 5.73. The van der Waals surface area contributed by atoms with Gasteiger partial charge in [-0.25, -0.2) is 0 Å². The van der Waals surface area contributed by atoms with E-state index in [2.05, 4.69) is 26.2 Å². The predicted molar refractivity (Wildman–Crippen MR) is 48.4 cm³/mol. The fourth-order valence-electron chi connectivity index (χ4n) is 2.12. The monoisotopic (exact) mass is 156 g/mol. The number of hydrogen-bond donors (Lipinski definition) is 2. The minimum atomic E-state index is 0.481. The van der Waals surface area contributed by atoms with Crippen LogP contribution in [0.3, 0.4) is 0 Å². The molecular weight excluding hydrogens is 136 g/mol. The summed E-state index contributed by atoms with van der Waals surface area (Å²) >= 11 is 0. The largest absolute Gasteiger partial charge is 0.328 e. The van der Waals surface area contributed by atoms with Crippen LogP contribution in [0.5, 0.6) is 0 Å². The van der Waals surface area contributed by atoms with E-state index in [0.717, 1.165) is 11.8 Å². The molecule has 0 aromatic heterocycles. The predicted octanol–water partition coefficient (Wildman–Crippen LogP) is 0.968. The van der Waals surface area contributed by atoms with Crippen molar-refractivity contribution in [2.24, 2.45) is 17.6 Å². The van der Waals surface area contributed by atoms with E-state index in [1.54, 1.807) is 0 Å². The summed E-state index contributed by atoms with van der Waals surface area (Å²) in [6.07, 6.45) is 2.42. The summed E-state index contributed by atoms with van der Waals surface area (Å²) in [7, 11) is 2.05. The molecule has 0 aromatic carbocycles. The third-order valence-electron chi connectivity index (χ3n) is 2.77. The summed E-state index contributed by atoms with van der Waals surface area (Å²) in [5.41, 5.74) is 5.73. The lowest BCUT2D eigenvalue weighted by Crippen LogP contribution is -2.49. The molecule has 1 saturated carbocycles. The van der Waals surface area contributed by atoms with Gasteiger partial charge in [-0.2, -0.15) is 0 Å². The van der Waals surface area contributed by atoms with Crippen molar-refractivity contribution in [1.82, 2.24) is 5.32 Å². The van der Waals surface area contributed by atoms with Crippen molar-refractivity contribution in [3.05, 3.63) is 0 Å². The van der Waals surface area contributed by atoms with E-state index in [1.807, 2.05) is 0 Å². The molecule has 2 heteroatoms. The zero-order chi connectivity index (χ0) is 8.43. The van der Waals surface area contributed by atoms with Gasteiger partial charge in [0.25, 0.3) is 0 Å². The molecule has 0 radical (unpaired) electrons. The minimum absolute atomic E-state index is 0.481. The molecule has 66 valence electrons. The Bertz CT molecular complexity index is 117. The van der Waals surface area contributed by atoms with Crippen molar-refractivity contribution < 1.29 is 0 Å². The molecule has 1 rings (SSSR count). The van der Waals surface area contributed by atoms with Gasteiger partial charge < -0.3 is 11.1 Å². The van der Waals surface area contributed by atoms with Gasteiger partial charge in [0.1, 0.15) is 0 Å². The van der Waals surface area contributed by atoms with Crippen LogP contribution in [0.1, 0.15) is 26.7 Å². The quantitative estimate of drug-likeness (QED) is 0.639. The SMILES string of the molecule is CNC(C(C)C)C1CC(N)C1. The zero-order valence-electron chi connectivity index (χ0n) is 7.80. The normalized spacial score (nSPS) is 33.5. The summed E-state index contributed by atoms with van der Waals surface area (Å²) in [4.78, 5) is 0. The van der Waals surface area contributed by atoms with Gasteiger partial charge in [0.2, 0.25) is 0 Å². The van der Waals surface area contributed by atoms with Crippen molar-refractivity contribution in [1.29, 1.82) is 0 Å². The Morgan fingerprint density at radius 1 is 1.36 bits per heavy atom. The third kappa shape index (κ3) is 1.94. The van der Waals surface area contributed by atoms with Crippen LogP contribution in [-0.4, -0.2) is 19.1 Å². The molecule has 3 N–H and O–H groups in total. The van der Waals surface area contributed by atoms with Gasteiger partial charge >= 0.3 is 0 Å². The standard InChI is InChI=1S/C9H20N2/c1-6(2)9(11-3)7-4-8(10)5-7/h6-9,11H,4-5,10H2,1-3H3. The Morgan fingerprint density at radius 3 is 2.18 bits per heavy atom. The van der Waals surface area contributed by atoms with E-state index in [9.17, 15) is 0 Å². The van der Waals surface area contributed by atoms with Crippen molar-refractivity contribution in [3.63, 3.8) is 0 Å². The summed E-state index contributed by atoms with van der Waals surface area (Å²) in [6, 6.07) is 1.16. The molecule has 1 unspecified atom stereocenters. The maximum absolute atomic E-state index is 5.73. The second-order valence-electron chi connectivity index (χ2n) is 4.05. The fourth-order valence-corrected chi connectivity index (χ4v) is 2.12. The van der Waals surface area contributed by atoms with Crippen LogP contribution >= 0.6 is 0 Å². The number of hydrogen-bond acceptors (Lipinski definition) is 2. The Labute approximate surface area is 69.5 Å². The van der Waals surface area contributed by atoms with Gasteiger partial charge in [-0.1, -0.05) is 13.8 Å². The average molecular weight is 156 g/mol. The Kier molecular flexibility index (Phi) is 2.90. The van der Waals surface area contributed by atoms with E-state index >= 15 is 0 Å². The van der Waals surface area contributed by atoms with Crippen molar-refractivity contribution >= 4 is 0 Å². The Hall–Kier alpha value is -0.0800. The van der Waals surface area contributed by atoms with Gasteiger partial charge in [0, 0.05) is 12.1 Å². The maximum Gasteiger partial charge on any atom is 0.0116 e.